The van der Waals surface area contributed by atoms with E-state index >= 15 is 0 Å². The Balaban J connectivity index is 2.44. The standard InChI is InChI=1S/C12H22O2/c1-4-10(2)11(13)14-12(3)8-6-5-7-9-12/h10H,4-9H2,1-3H3. The average molecular weight is 198 g/mol. The molecule has 0 aromatic rings. The fraction of sp³-hybridized carbons (Fsp3) is 0.917. The maximum absolute atomic E-state index is 11.6. The highest BCUT2D eigenvalue weighted by Gasteiger charge is 2.31. The first-order valence-electron chi connectivity index (χ1n) is 5.80. The van der Waals surface area contributed by atoms with E-state index in [-0.39, 0.29) is 17.5 Å². The summed E-state index contributed by atoms with van der Waals surface area (Å²) in [6, 6.07) is 0. The molecule has 0 aliphatic heterocycles. The molecule has 1 atom stereocenters. The molecule has 1 rings (SSSR count). The third kappa shape index (κ3) is 3.00. The Morgan fingerprint density at radius 1 is 1.36 bits per heavy atom. The predicted octanol–water partition coefficient (Wildman–Crippen LogP) is 3.30. The number of carbonyl (C=O) groups excluding carboxylic acids is 1. The minimum atomic E-state index is -0.168. The maximum Gasteiger partial charge on any atom is 0.309 e. The summed E-state index contributed by atoms with van der Waals surface area (Å²) in [5.41, 5.74) is -0.168. The highest BCUT2D eigenvalue weighted by molar-refractivity contribution is 5.72. The van der Waals surface area contributed by atoms with E-state index in [9.17, 15) is 4.79 Å². The number of hydrogen-bond donors (Lipinski definition) is 0. The fourth-order valence-corrected chi connectivity index (χ4v) is 1.91. The van der Waals surface area contributed by atoms with Crippen molar-refractivity contribution in [3.05, 3.63) is 0 Å². The van der Waals surface area contributed by atoms with Crippen LogP contribution < -0.4 is 0 Å². The summed E-state index contributed by atoms with van der Waals surface area (Å²) in [6.45, 7) is 6.04. The normalized spacial score (nSPS) is 22.8. The lowest BCUT2D eigenvalue weighted by molar-refractivity contribution is -0.165. The summed E-state index contributed by atoms with van der Waals surface area (Å²) in [4.78, 5) is 11.6. The van der Waals surface area contributed by atoms with Crippen molar-refractivity contribution in [2.45, 2.75) is 64.9 Å². The molecule has 0 heterocycles. The van der Waals surface area contributed by atoms with Crippen LogP contribution in [0.1, 0.15) is 59.3 Å². The molecule has 1 saturated carbocycles. The Morgan fingerprint density at radius 2 is 1.93 bits per heavy atom. The van der Waals surface area contributed by atoms with Gasteiger partial charge in [0.1, 0.15) is 5.60 Å². The zero-order valence-corrected chi connectivity index (χ0v) is 9.64. The van der Waals surface area contributed by atoms with Crippen molar-refractivity contribution in [2.75, 3.05) is 0 Å². The molecular formula is C12H22O2. The summed E-state index contributed by atoms with van der Waals surface area (Å²) < 4.78 is 5.59. The molecule has 2 heteroatoms. The number of hydrogen-bond acceptors (Lipinski definition) is 2. The number of esters is 1. The second-order valence-electron chi connectivity index (χ2n) is 4.74. The molecular weight excluding hydrogens is 176 g/mol. The van der Waals surface area contributed by atoms with Crippen LogP contribution in [-0.4, -0.2) is 11.6 Å². The van der Waals surface area contributed by atoms with E-state index in [1.807, 2.05) is 13.8 Å². The van der Waals surface area contributed by atoms with Gasteiger partial charge in [-0.1, -0.05) is 20.3 Å². The molecule has 0 aromatic heterocycles. The largest absolute Gasteiger partial charge is 0.459 e. The molecule has 2 nitrogen and oxygen atoms in total. The third-order valence-electron chi connectivity index (χ3n) is 3.27. The summed E-state index contributed by atoms with van der Waals surface area (Å²) in [7, 11) is 0. The molecule has 82 valence electrons. The molecule has 0 saturated heterocycles. The van der Waals surface area contributed by atoms with Crippen molar-refractivity contribution in [2.24, 2.45) is 5.92 Å². The molecule has 1 aliphatic rings. The van der Waals surface area contributed by atoms with Crippen molar-refractivity contribution in [3.8, 4) is 0 Å². The van der Waals surface area contributed by atoms with Gasteiger partial charge in [-0.25, -0.2) is 0 Å². The minimum absolute atomic E-state index is 0.0168. The summed E-state index contributed by atoms with van der Waals surface area (Å²) in [5.74, 6) is 0.0330. The van der Waals surface area contributed by atoms with Gasteiger partial charge in [-0.15, -0.1) is 0 Å². The first-order valence-corrected chi connectivity index (χ1v) is 5.80. The third-order valence-corrected chi connectivity index (χ3v) is 3.27. The highest BCUT2D eigenvalue weighted by Crippen LogP contribution is 2.31. The van der Waals surface area contributed by atoms with Gasteiger partial charge in [-0.2, -0.15) is 0 Å². The minimum Gasteiger partial charge on any atom is -0.459 e. The molecule has 0 aromatic carbocycles. The average Bonchev–Trinajstić information content (AvgIpc) is 2.17. The van der Waals surface area contributed by atoms with Gasteiger partial charge in [0.15, 0.2) is 0 Å². The second kappa shape index (κ2) is 4.81. The molecule has 0 N–H and O–H groups in total. The quantitative estimate of drug-likeness (QED) is 0.650. The van der Waals surface area contributed by atoms with E-state index in [2.05, 4.69) is 6.92 Å². The summed E-state index contributed by atoms with van der Waals surface area (Å²) >= 11 is 0. The Kier molecular flexibility index (Phi) is 3.97. The van der Waals surface area contributed by atoms with Crippen molar-refractivity contribution in [1.82, 2.24) is 0 Å². The Labute approximate surface area is 87.0 Å². The molecule has 0 spiro atoms. The highest BCUT2D eigenvalue weighted by atomic mass is 16.6. The van der Waals surface area contributed by atoms with Gasteiger partial charge in [0, 0.05) is 0 Å². The van der Waals surface area contributed by atoms with Gasteiger partial charge in [-0.05, 0) is 39.0 Å². The van der Waals surface area contributed by atoms with E-state index in [1.165, 1.54) is 19.3 Å². The molecule has 14 heavy (non-hydrogen) atoms. The number of ether oxygens (including phenoxy) is 1. The molecule has 0 radical (unpaired) electrons. The summed E-state index contributed by atoms with van der Waals surface area (Å²) in [6.07, 6.45) is 6.63. The van der Waals surface area contributed by atoms with E-state index in [0.717, 1.165) is 19.3 Å². The smallest absolute Gasteiger partial charge is 0.309 e. The lowest BCUT2D eigenvalue weighted by Gasteiger charge is -2.34. The second-order valence-corrected chi connectivity index (χ2v) is 4.74. The SMILES string of the molecule is CCC(C)C(=O)OC1(C)CCCCC1. The van der Waals surface area contributed by atoms with Gasteiger partial charge in [0.2, 0.25) is 0 Å². The molecule has 1 unspecified atom stereocenters. The van der Waals surface area contributed by atoms with Crippen molar-refractivity contribution in [3.63, 3.8) is 0 Å². The van der Waals surface area contributed by atoms with Crippen LogP contribution in [0, 0.1) is 5.92 Å². The monoisotopic (exact) mass is 198 g/mol. The number of rotatable bonds is 3. The lowest BCUT2D eigenvalue weighted by Crippen LogP contribution is -2.35. The Morgan fingerprint density at radius 3 is 2.43 bits per heavy atom. The fourth-order valence-electron chi connectivity index (χ4n) is 1.91. The topological polar surface area (TPSA) is 26.3 Å². The first-order chi connectivity index (χ1) is 6.57. The van der Waals surface area contributed by atoms with Crippen LogP contribution in [0.3, 0.4) is 0 Å². The number of carbonyl (C=O) groups is 1. The van der Waals surface area contributed by atoms with Crippen molar-refractivity contribution >= 4 is 5.97 Å². The van der Waals surface area contributed by atoms with Gasteiger partial charge < -0.3 is 4.74 Å². The maximum atomic E-state index is 11.6. The van der Waals surface area contributed by atoms with Gasteiger partial charge in [0.05, 0.1) is 5.92 Å². The zero-order chi connectivity index (χ0) is 10.6. The molecule has 0 bridgehead atoms. The zero-order valence-electron chi connectivity index (χ0n) is 9.64. The van der Waals surface area contributed by atoms with Gasteiger partial charge in [-0.3, -0.25) is 4.79 Å². The molecule has 1 fully saturated rings. The molecule has 1 aliphatic carbocycles. The predicted molar refractivity (Wildman–Crippen MR) is 57.0 cm³/mol. The lowest BCUT2D eigenvalue weighted by atomic mass is 9.86. The van der Waals surface area contributed by atoms with Crippen LogP contribution in [0.4, 0.5) is 0 Å². The first kappa shape index (κ1) is 11.5. The van der Waals surface area contributed by atoms with E-state index in [1.54, 1.807) is 0 Å². The van der Waals surface area contributed by atoms with Crippen LogP contribution in [-0.2, 0) is 9.53 Å². The van der Waals surface area contributed by atoms with Crippen LogP contribution in [0.25, 0.3) is 0 Å². The van der Waals surface area contributed by atoms with Crippen LogP contribution in [0.5, 0.6) is 0 Å². The van der Waals surface area contributed by atoms with Crippen LogP contribution in [0.15, 0.2) is 0 Å². The van der Waals surface area contributed by atoms with Crippen LogP contribution in [0.2, 0.25) is 0 Å². The van der Waals surface area contributed by atoms with Gasteiger partial charge >= 0.3 is 5.97 Å². The van der Waals surface area contributed by atoms with Crippen molar-refractivity contribution in [1.29, 1.82) is 0 Å². The Hall–Kier alpha value is -0.530. The Bertz CT molecular complexity index is 192. The van der Waals surface area contributed by atoms with E-state index in [4.69, 9.17) is 4.74 Å². The van der Waals surface area contributed by atoms with Crippen LogP contribution >= 0.6 is 0 Å². The van der Waals surface area contributed by atoms with Gasteiger partial charge in [0.25, 0.3) is 0 Å². The van der Waals surface area contributed by atoms with E-state index in [0.29, 0.717) is 0 Å². The van der Waals surface area contributed by atoms with Crippen molar-refractivity contribution < 1.29 is 9.53 Å². The molecule has 0 amide bonds. The summed E-state index contributed by atoms with van der Waals surface area (Å²) in [5, 5.41) is 0. The van der Waals surface area contributed by atoms with E-state index < -0.39 is 0 Å².